The summed E-state index contributed by atoms with van der Waals surface area (Å²) in [5.41, 5.74) is 0.586. The topological polar surface area (TPSA) is 42.2 Å². The van der Waals surface area contributed by atoms with Gasteiger partial charge in [-0.3, -0.25) is 0 Å². The standard InChI is InChI=1S/C11H10ClF2NO2/c1-2-16-9-6-7(3-4-15)5-8(12)10(9)17-11(13)14/h5-6,11H,2-3H2,1H3. The van der Waals surface area contributed by atoms with Gasteiger partial charge in [-0.05, 0) is 24.6 Å². The lowest BCUT2D eigenvalue weighted by Gasteiger charge is -2.13. The van der Waals surface area contributed by atoms with Gasteiger partial charge in [0.1, 0.15) is 0 Å². The zero-order valence-electron chi connectivity index (χ0n) is 9.04. The Balaban J connectivity index is 3.13. The molecule has 1 rings (SSSR count). The predicted molar refractivity (Wildman–Crippen MR) is 58.6 cm³/mol. The molecule has 6 heteroatoms. The van der Waals surface area contributed by atoms with Crippen LogP contribution in [-0.2, 0) is 6.42 Å². The van der Waals surface area contributed by atoms with E-state index in [-0.39, 0.29) is 29.5 Å². The van der Waals surface area contributed by atoms with E-state index in [0.29, 0.717) is 5.56 Å². The molecule has 0 radical (unpaired) electrons. The van der Waals surface area contributed by atoms with Gasteiger partial charge in [-0.2, -0.15) is 14.0 Å². The predicted octanol–water partition coefficient (Wildman–Crippen LogP) is 3.41. The van der Waals surface area contributed by atoms with Crippen molar-refractivity contribution in [3.05, 3.63) is 22.7 Å². The highest BCUT2D eigenvalue weighted by atomic mass is 35.5. The Kier molecular flexibility index (Phi) is 4.98. The average molecular weight is 262 g/mol. The number of nitrogens with zero attached hydrogens (tertiary/aromatic N) is 1. The summed E-state index contributed by atoms with van der Waals surface area (Å²) in [6.45, 7) is -0.989. The molecule has 1 aromatic rings. The molecule has 0 aliphatic rings. The van der Waals surface area contributed by atoms with E-state index < -0.39 is 6.61 Å². The molecule has 0 amide bonds. The first-order chi connectivity index (χ1) is 8.08. The molecule has 0 bridgehead atoms. The van der Waals surface area contributed by atoms with Crippen LogP contribution < -0.4 is 9.47 Å². The highest BCUT2D eigenvalue weighted by Crippen LogP contribution is 2.37. The van der Waals surface area contributed by atoms with Gasteiger partial charge in [0.05, 0.1) is 24.1 Å². The normalized spacial score (nSPS) is 10.1. The van der Waals surface area contributed by atoms with Gasteiger partial charge in [0.25, 0.3) is 0 Å². The zero-order valence-corrected chi connectivity index (χ0v) is 9.80. The first-order valence-electron chi connectivity index (χ1n) is 4.85. The molecule has 0 unspecified atom stereocenters. The highest BCUT2D eigenvalue weighted by molar-refractivity contribution is 6.32. The van der Waals surface area contributed by atoms with Crippen molar-refractivity contribution in [3.63, 3.8) is 0 Å². The number of nitriles is 1. The molecule has 0 aliphatic heterocycles. The molecule has 17 heavy (non-hydrogen) atoms. The molecular formula is C11H10ClF2NO2. The van der Waals surface area contributed by atoms with Crippen LogP contribution in [0.4, 0.5) is 8.78 Å². The third-order valence-corrected chi connectivity index (χ3v) is 2.14. The Hall–Kier alpha value is -1.54. The Bertz CT molecular complexity index is 432. The van der Waals surface area contributed by atoms with Crippen molar-refractivity contribution < 1.29 is 18.3 Å². The number of alkyl halides is 2. The molecule has 0 fully saturated rings. The Morgan fingerprint density at radius 2 is 2.18 bits per heavy atom. The minimum Gasteiger partial charge on any atom is -0.490 e. The summed E-state index contributed by atoms with van der Waals surface area (Å²) in [4.78, 5) is 0. The summed E-state index contributed by atoms with van der Waals surface area (Å²) in [7, 11) is 0. The van der Waals surface area contributed by atoms with E-state index in [1.165, 1.54) is 12.1 Å². The largest absolute Gasteiger partial charge is 0.490 e. The van der Waals surface area contributed by atoms with Gasteiger partial charge in [0, 0.05) is 0 Å². The van der Waals surface area contributed by atoms with Crippen LogP contribution >= 0.6 is 11.6 Å². The molecule has 0 N–H and O–H groups in total. The first kappa shape index (κ1) is 13.5. The van der Waals surface area contributed by atoms with Crippen LogP contribution in [0.1, 0.15) is 12.5 Å². The van der Waals surface area contributed by atoms with E-state index in [4.69, 9.17) is 21.6 Å². The van der Waals surface area contributed by atoms with E-state index >= 15 is 0 Å². The Morgan fingerprint density at radius 1 is 1.47 bits per heavy atom. The Labute approximate surface area is 103 Å². The second-order valence-electron chi connectivity index (χ2n) is 3.05. The van der Waals surface area contributed by atoms with Crippen molar-refractivity contribution in [1.82, 2.24) is 0 Å². The molecule has 1 aromatic carbocycles. The van der Waals surface area contributed by atoms with E-state index in [1.54, 1.807) is 6.92 Å². The van der Waals surface area contributed by atoms with E-state index in [0.717, 1.165) is 0 Å². The fraction of sp³-hybridized carbons (Fsp3) is 0.364. The van der Waals surface area contributed by atoms with Crippen molar-refractivity contribution >= 4 is 11.6 Å². The van der Waals surface area contributed by atoms with Crippen LogP contribution in [0.3, 0.4) is 0 Å². The number of ether oxygens (including phenoxy) is 2. The monoisotopic (exact) mass is 261 g/mol. The summed E-state index contributed by atoms with van der Waals surface area (Å²) < 4.78 is 33.8. The maximum atomic E-state index is 12.2. The van der Waals surface area contributed by atoms with Gasteiger partial charge in [0.15, 0.2) is 11.5 Å². The lowest BCUT2D eigenvalue weighted by molar-refractivity contribution is -0.0513. The number of rotatable bonds is 5. The first-order valence-corrected chi connectivity index (χ1v) is 5.23. The van der Waals surface area contributed by atoms with Crippen molar-refractivity contribution in [2.24, 2.45) is 0 Å². The van der Waals surface area contributed by atoms with E-state index in [9.17, 15) is 8.78 Å². The van der Waals surface area contributed by atoms with Gasteiger partial charge >= 0.3 is 6.61 Å². The van der Waals surface area contributed by atoms with Gasteiger partial charge < -0.3 is 9.47 Å². The highest BCUT2D eigenvalue weighted by Gasteiger charge is 2.16. The van der Waals surface area contributed by atoms with Crippen LogP contribution in [0, 0.1) is 11.3 Å². The SMILES string of the molecule is CCOc1cc(CC#N)cc(Cl)c1OC(F)F. The fourth-order valence-corrected chi connectivity index (χ4v) is 1.56. The third kappa shape index (κ3) is 3.75. The van der Waals surface area contributed by atoms with Gasteiger partial charge in [-0.1, -0.05) is 11.6 Å². The number of hydrogen-bond acceptors (Lipinski definition) is 3. The summed E-state index contributed by atoms with van der Waals surface area (Å²) in [5, 5.41) is 8.56. The van der Waals surface area contributed by atoms with Crippen molar-refractivity contribution in [1.29, 1.82) is 5.26 Å². The van der Waals surface area contributed by atoms with Crippen LogP contribution in [0.25, 0.3) is 0 Å². The minimum absolute atomic E-state index is 0.00139. The maximum absolute atomic E-state index is 12.2. The lowest BCUT2D eigenvalue weighted by Crippen LogP contribution is -2.05. The average Bonchev–Trinajstić information content (AvgIpc) is 2.23. The van der Waals surface area contributed by atoms with Crippen LogP contribution in [0.2, 0.25) is 5.02 Å². The van der Waals surface area contributed by atoms with Crippen LogP contribution in [-0.4, -0.2) is 13.2 Å². The maximum Gasteiger partial charge on any atom is 0.387 e. The molecule has 0 aliphatic carbocycles. The second kappa shape index (κ2) is 6.26. The molecular weight excluding hydrogens is 252 g/mol. The second-order valence-corrected chi connectivity index (χ2v) is 3.46. The van der Waals surface area contributed by atoms with Gasteiger partial charge in [-0.15, -0.1) is 0 Å². The smallest absolute Gasteiger partial charge is 0.387 e. The van der Waals surface area contributed by atoms with Gasteiger partial charge in [0.2, 0.25) is 0 Å². The molecule has 0 atom stereocenters. The third-order valence-electron chi connectivity index (χ3n) is 1.86. The number of benzene rings is 1. The molecule has 0 saturated heterocycles. The molecule has 0 spiro atoms. The summed E-state index contributed by atoms with van der Waals surface area (Å²) >= 11 is 5.80. The van der Waals surface area contributed by atoms with Crippen LogP contribution in [0.5, 0.6) is 11.5 Å². The number of hydrogen-bond donors (Lipinski definition) is 0. The zero-order chi connectivity index (χ0) is 12.8. The minimum atomic E-state index is -2.98. The van der Waals surface area contributed by atoms with Crippen molar-refractivity contribution in [2.75, 3.05) is 6.61 Å². The van der Waals surface area contributed by atoms with Crippen molar-refractivity contribution in [2.45, 2.75) is 20.0 Å². The Morgan fingerprint density at radius 3 is 2.71 bits per heavy atom. The van der Waals surface area contributed by atoms with Crippen LogP contribution in [0.15, 0.2) is 12.1 Å². The molecule has 3 nitrogen and oxygen atoms in total. The van der Waals surface area contributed by atoms with E-state index in [2.05, 4.69) is 4.74 Å². The summed E-state index contributed by atoms with van der Waals surface area (Å²) in [6.07, 6.45) is 0.120. The fourth-order valence-electron chi connectivity index (χ4n) is 1.28. The van der Waals surface area contributed by atoms with Crippen molar-refractivity contribution in [3.8, 4) is 17.6 Å². The quantitative estimate of drug-likeness (QED) is 0.816. The summed E-state index contributed by atoms with van der Waals surface area (Å²) in [5.74, 6) is -0.0873. The molecule has 0 heterocycles. The molecule has 92 valence electrons. The van der Waals surface area contributed by atoms with Gasteiger partial charge in [-0.25, -0.2) is 0 Å². The lowest BCUT2D eigenvalue weighted by atomic mass is 10.1. The molecule has 0 aromatic heterocycles. The number of halogens is 3. The molecule has 0 saturated carbocycles. The van der Waals surface area contributed by atoms with E-state index in [1.807, 2.05) is 6.07 Å². The summed E-state index contributed by atoms with van der Waals surface area (Å²) in [6, 6.07) is 4.81.